The molecule has 0 aromatic carbocycles. The van der Waals surface area contributed by atoms with E-state index in [0.29, 0.717) is 12.8 Å². The second-order valence-electron chi connectivity index (χ2n) is 5.32. The molecule has 1 rings (SSSR count). The minimum atomic E-state index is -0.804. The highest BCUT2D eigenvalue weighted by Gasteiger charge is 2.42. The average molecular weight is 282 g/mol. The number of ketones is 1. The average Bonchev–Trinajstić information content (AvgIpc) is 2.80. The van der Waals surface area contributed by atoms with Crippen LogP contribution >= 0.6 is 0 Å². The molecular formula is C16H26O4. The molecule has 2 atom stereocenters. The summed E-state index contributed by atoms with van der Waals surface area (Å²) in [5.74, 6) is -1.61. The quantitative estimate of drug-likeness (QED) is 0.320. The van der Waals surface area contributed by atoms with Crippen LogP contribution in [-0.2, 0) is 14.3 Å². The zero-order chi connectivity index (χ0) is 15.0. The summed E-state index contributed by atoms with van der Waals surface area (Å²) in [6, 6.07) is 0. The van der Waals surface area contributed by atoms with E-state index in [0.717, 1.165) is 19.3 Å². The lowest BCUT2D eigenvalue weighted by Gasteiger charge is -2.16. The Balaban J connectivity index is 2.56. The monoisotopic (exact) mass is 282 g/mol. The minimum Gasteiger partial charge on any atom is -0.512 e. The standard InChI is InChI=1S/C16H26O4/c1-3-5-6-7-8-9-13(17)12-10-11-14(18)15(12)16(19)20-4-2/h9,12,15,17H,3-8,10-11H2,1-2H3/t12-,15-/m1/s1. The molecule has 1 fully saturated rings. The number of carbonyl (C=O) groups excluding carboxylic acids is 2. The number of aliphatic hydroxyl groups is 1. The Bertz CT molecular complexity index is 359. The smallest absolute Gasteiger partial charge is 0.317 e. The Labute approximate surface area is 121 Å². The maximum Gasteiger partial charge on any atom is 0.317 e. The summed E-state index contributed by atoms with van der Waals surface area (Å²) in [6.45, 7) is 4.13. The fraction of sp³-hybridized carbons (Fsp3) is 0.750. The summed E-state index contributed by atoms with van der Waals surface area (Å²) in [5.41, 5.74) is 0. The minimum absolute atomic E-state index is 0.112. The van der Waals surface area contributed by atoms with E-state index in [4.69, 9.17) is 4.74 Å². The van der Waals surface area contributed by atoms with Crippen molar-refractivity contribution in [2.45, 2.75) is 58.8 Å². The van der Waals surface area contributed by atoms with Gasteiger partial charge in [-0.05, 0) is 32.3 Å². The Hall–Kier alpha value is -1.32. The normalized spacial score (nSPS) is 23.1. The topological polar surface area (TPSA) is 63.6 Å². The predicted molar refractivity (Wildman–Crippen MR) is 77.3 cm³/mol. The lowest BCUT2D eigenvalue weighted by Crippen LogP contribution is -2.28. The van der Waals surface area contributed by atoms with Gasteiger partial charge >= 0.3 is 5.97 Å². The van der Waals surface area contributed by atoms with Crippen molar-refractivity contribution in [3.05, 3.63) is 11.8 Å². The Morgan fingerprint density at radius 3 is 2.75 bits per heavy atom. The molecular weight excluding hydrogens is 256 g/mol. The van der Waals surface area contributed by atoms with E-state index in [9.17, 15) is 14.7 Å². The van der Waals surface area contributed by atoms with Crippen LogP contribution in [0, 0.1) is 11.8 Å². The molecule has 1 aliphatic carbocycles. The maximum absolute atomic E-state index is 11.8. The van der Waals surface area contributed by atoms with Crippen molar-refractivity contribution < 1.29 is 19.4 Å². The molecule has 0 unspecified atom stereocenters. The third kappa shape index (κ3) is 4.66. The van der Waals surface area contributed by atoms with Gasteiger partial charge in [-0.25, -0.2) is 0 Å². The summed E-state index contributed by atoms with van der Waals surface area (Å²) < 4.78 is 4.94. The van der Waals surface area contributed by atoms with E-state index >= 15 is 0 Å². The number of esters is 1. The molecule has 0 heterocycles. The summed E-state index contributed by atoms with van der Waals surface area (Å²) >= 11 is 0. The van der Waals surface area contributed by atoms with Gasteiger partial charge < -0.3 is 9.84 Å². The van der Waals surface area contributed by atoms with E-state index in [1.54, 1.807) is 13.0 Å². The second kappa shape index (κ2) is 8.77. The van der Waals surface area contributed by atoms with Crippen LogP contribution in [-0.4, -0.2) is 23.5 Å². The van der Waals surface area contributed by atoms with Gasteiger partial charge in [-0.1, -0.05) is 26.2 Å². The van der Waals surface area contributed by atoms with Crippen LogP contribution in [0.1, 0.15) is 58.8 Å². The van der Waals surface area contributed by atoms with Crippen LogP contribution in [0.2, 0.25) is 0 Å². The van der Waals surface area contributed by atoms with Crippen molar-refractivity contribution in [1.29, 1.82) is 0 Å². The number of hydrogen-bond acceptors (Lipinski definition) is 4. The molecule has 0 aromatic heterocycles. The van der Waals surface area contributed by atoms with Gasteiger partial charge in [0.1, 0.15) is 11.7 Å². The Morgan fingerprint density at radius 2 is 2.10 bits per heavy atom. The zero-order valence-electron chi connectivity index (χ0n) is 12.6. The molecule has 1 N–H and O–H groups in total. The predicted octanol–water partition coefficient (Wildman–Crippen LogP) is 3.56. The number of allylic oxidation sites excluding steroid dienone is 2. The first kappa shape index (κ1) is 16.7. The number of unbranched alkanes of at least 4 members (excludes halogenated alkanes) is 4. The van der Waals surface area contributed by atoms with Gasteiger partial charge in [-0.2, -0.15) is 0 Å². The van der Waals surface area contributed by atoms with Gasteiger partial charge in [0.05, 0.1) is 12.4 Å². The molecule has 0 bridgehead atoms. The van der Waals surface area contributed by atoms with E-state index in [2.05, 4.69) is 6.92 Å². The molecule has 1 saturated carbocycles. The summed E-state index contributed by atoms with van der Waals surface area (Å²) in [6.07, 6.45) is 8.01. The van der Waals surface area contributed by atoms with Crippen molar-refractivity contribution in [2.75, 3.05) is 6.61 Å². The Morgan fingerprint density at radius 1 is 1.35 bits per heavy atom. The molecule has 0 aliphatic heterocycles. The molecule has 114 valence electrons. The lowest BCUT2D eigenvalue weighted by molar-refractivity contribution is -0.151. The van der Waals surface area contributed by atoms with Crippen LogP contribution in [0.4, 0.5) is 0 Å². The van der Waals surface area contributed by atoms with Gasteiger partial charge in [0.25, 0.3) is 0 Å². The first-order chi connectivity index (χ1) is 9.61. The van der Waals surface area contributed by atoms with Crippen LogP contribution in [0.3, 0.4) is 0 Å². The van der Waals surface area contributed by atoms with Gasteiger partial charge in [0.2, 0.25) is 0 Å². The number of hydrogen-bond donors (Lipinski definition) is 1. The maximum atomic E-state index is 11.8. The fourth-order valence-electron chi connectivity index (χ4n) is 2.66. The van der Waals surface area contributed by atoms with E-state index in [-0.39, 0.29) is 24.1 Å². The van der Waals surface area contributed by atoms with Crippen LogP contribution < -0.4 is 0 Å². The molecule has 20 heavy (non-hydrogen) atoms. The largest absolute Gasteiger partial charge is 0.512 e. The van der Waals surface area contributed by atoms with E-state index in [1.165, 1.54) is 12.8 Å². The van der Waals surface area contributed by atoms with Gasteiger partial charge in [-0.15, -0.1) is 0 Å². The summed E-state index contributed by atoms with van der Waals surface area (Å²) in [7, 11) is 0. The molecule has 0 aromatic rings. The van der Waals surface area contributed by atoms with Crippen molar-refractivity contribution in [1.82, 2.24) is 0 Å². The third-order valence-electron chi connectivity index (χ3n) is 3.78. The molecule has 0 amide bonds. The highest BCUT2D eigenvalue weighted by Crippen LogP contribution is 2.34. The first-order valence-corrected chi connectivity index (χ1v) is 7.70. The highest BCUT2D eigenvalue weighted by molar-refractivity contribution is 6.01. The summed E-state index contributed by atoms with van der Waals surface area (Å²) in [4.78, 5) is 23.6. The van der Waals surface area contributed by atoms with Gasteiger partial charge in [0, 0.05) is 12.3 Å². The number of ether oxygens (including phenoxy) is 1. The fourth-order valence-corrected chi connectivity index (χ4v) is 2.66. The number of rotatable bonds is 8. The van der Waals surface area contributed by atoms with Crippen LogP contribution in [0.25, 0.3) is 0 Å². The number of aliphatic hydroxyl groups excluding tert-OH is 1. The number of Topliss-reactive ketones (excluding diaryl/α,β-unsaturated/α-hetero) is 1. The Kier molecular flexibility index (Phi) is 7.34. The molecule has 1 aliphatic rings. The van der Waals surface area contributed by atoms with Crippen LogP contribution in [0.5, 0.6) is 0 Å². The van der Waals surface area contributed by atoms with Crippen molar-refractivity contribution in [3.8, 4) is 0 Å². The molecule has 0 spiro atoms. The molecule has 4 heteroatoms. The molecule has 0 radical (unpaired) electrons. The van der Waals surface area contributed by atoms with E-state index < -0.39 is 11.9 Å². The zero-order valence-corrected chi connectivity index (χ0v) is 12.6. The number of carbonyl (C=O) groups is 2. The van der Waals surface area contributed by atoms with Crippen LogP contribution in [0.15, 0.2) is 11.8 Å². The first-order valence-electron chi connectivity index (χ1n) is 7.70. The van der Waals surface area contributed by atoms with Gasteiger partial charge in [0.15, 0.2) is 0 Å². The van der Waals surface area contributed by atoms with E-state index in [1.807, 2.05) is 0 Å². The third-order valence-corrected chi connectivity index (χ3v) is 3.78. The van der Waals surface area contributed by atoms with Crippen molar-refractivity contribution in [3.63, 3.8) is 0 Å². The van der Waals surface area contributed by atoms with Crippen molar-refractivity contribution >= 4 is 11.8 Å². The van der Waals surface area contributed by atoms with Crippen molar-refractivity contribution in [2.24, 2.45) is 11.8 Å². The lowest BCUT2D eigenvalue weighted by atomic mass is 9.93. The highest BCUT2D eigenvalue weighted by atomic mass is 16.5. The SMILES string of the molecule is CCCCCCC=C(O)[C@H]1CCC(=O)[C@@H]1C(=O)OCC. The second-order valence-corrected chi connectivity index (χ2v) is 5.32. The molecule has 4 nitrogen and oxygen atoms in total. The van der Waals surface area contributed by atoms with Gasteiger partial charge in [-0.3, -0.25) is 9.59 Å². The summed E-state index contributed by atoms with van der Waals surface area (Å²) in [5, 5.41) is 10.1. The molecule has 0 saturated heterocycles.